The van der Waals surface area contributed by atoms with E-state index in [0.717, 1.165) is 51.2 Å². The van der Waals surface area contributed by atoms with Crippen LogP contribution in [0.25, 0.3) is 0 Å². The van der Waals surface area contributed by atoms with E-state index in [1.165, 1.54) is 12.8 Å². The molecular weight excluding hydrogens is 224 g/mol. The lowest BCUT2D eigenvalue weighted by atomic mass is 9.97. The van der Waals surface area contributed by atoms with Crippen molar-refractivity contribution in [1.82, 2.24) is 4.90 Å². The maximum Gasteiger partial charge on any atom is 0.222 e. The van der Waals surface area contributed by atoms with E-state index in [-0.39, 0.29) is 12.4 Å². The minimum Gasteiger partial charge on any atom is -0.343 e. The SMILES string of the molecule is Cl.NCC1CCN(C(=O)CCC2CC2)CC1. The predicted octanol–water partition coefficient (Wildman–Crippen LogP) is 1.80. The van der Waals surface area contributed by atoms with E-state index in [1.54, 1.807) is 0 Å². The predicted molar refractivity (Wildman–Crippen MR) is 67.6 cm³/mol. The van der Waals surface area contributed by atoms with Crippen LogP contribution < -0.4 is 5.73 Å². The molecule has 0 aromatic heterocycles. The summed E-state index contributed by atoms with van der Waals surface area (Å²) in [6.07, 6.45) is 6.80. The molecule has 2 aliphatic rings. The average Bonchev–Trinajstić information content (AvgIpc) is 3.10. The van der Waals surface area contributed by atoms with Crippen molar-refractivity contribution >= 4 is 18.3 Å². The molecule has 94 valence electrons. The van der Waals surface area contributed by atoms with Crippen molar-refractivity contribution < 1.29 is 4.79 Å². The van der Waals surface area contributed by atoms with Gasteiger partial charge in [0.15, 0.2) is 0 Å². The van der Waals surface area contributed by atoms with Gasteiger partial charge >= 0.3 is 0 Å². The van der Waals surface area contributed by atoms with Gasteiger partial charge in [-0.2, -0.15) is 0 Å². The zero-order valence-corrected chi connectivity index (χ0v) is 10.7. The first-order chi connectivity index (χ1) is 7.29. The highest BCUT2D eigenvalue weighted by molar-refractivity contribution is 5.85. The Balaban J connectivity index is 0.00000128. The van der Waals surface area contributed by atoms with Gasteiger partial charge in [0.05, 0.1) is 0 Å². The van der Waals surface area contributed by atoms with Gasteiger partial charge in [-0.1, -0.05) is 12.8 Å². The van der Waals surface area contributed by atoms with E-state index in [9.17, 15) is 4.79 Å². The van der Waals surface area contributed by atoms with E-state index >= 15 is 0 Å². The molecule has 0 radical (unpaired) electrons. The molecule has 1 saturated heterocycles. The van der Waals surface area contributed by atoms with E-state index in [0.29, 0.717) is 11.8 Å². The molecule has 0 aromatic rings. The molecule has 2 fully saturated rings. The van der Waals surface area contributed by atoms with Gasteiger partial charge in [0, 0.05) is 19.5 Å². The van der Waals surface area contributed by atoms with Crippen molar-refractivity contribution in [1.29, 1.82) is 0 Å². The van der Waals surface area contributed by atoms with Crippen molar-refractivity contribution in [3.63, 3.8) is 0 Å². The van der Waals surface area contributed by atoms with Crippen LogP contribution in [0.4, 0.5) is 0 Å². The number of hydrogen-bond acceptors (Lipinski definition) is 2. The monoisotopic (exact) mass is 246 g/mol. The second-order valence-electron chi connectivity index (χ2n) is 5.04. The summed E-state index contributed by atoms with van der Waals surface area (Å²) in [5.41, 5.74) is 5.63. The summed E-state index contributed by atoms with van der Waals surface area (Å²) in [4.78, 5) is 13.9. The van der Waals surface area contributed by atoms with Crippen LogP contribution in [0.5, 0.6) is 0 Å². The first-order valence-electron chi connectivity index (χ1n) is 6.27. The van der Waals surface area contributed by atoms with Gasteiger partial charge in [-0.15, -0.1) is 12.4 Å². The number of piperidine rings is 1. The Morgan fingerprint density at radius 2 is 1.75 bits per heavy atom. The highest BCUT2D eigenvalue weighted by atomic mass is 35.5. The van der Waals surface area contributed by atoms with E-state index in [1.807, 2.05) is 4.90 Å². The molecule has 4 heteroatoms. The molecule has 1 aliphatic carbocycles. The number of hydrogen-bond donors (Lipinski definition) is 1. The van der Waals surface area contributed by atoms with Gasteiger partial charge in [0.1, 0.15) is 0 Å². The first kappa shape index (κ1) is 13.8. The largest absolute Gasteiger partial charge is 0.343 e. The summed E-state index contributed by atoms with van der Waals surface area (Å²) in [7, 11) is 0. The molecule has 16 heavy (non-hydrogen) atoms. The number of carbonyl (C=O) groups is 1. The Kier molecular flexibility index (Phi) is 5.56. The van der Waals surface area contributed by atoms with Gasteiger partial charge in [-0.3, -0.25) is 4.79 Å². The Morgan fingerprint density at radius 3 is 2.25 bits per heavy atom. The molecule has 0 spiro atoms. The zero-order valence-electron chi connectivity index (χ0n) is 9.86. The number of halogens is 1. The van der Waals surface area contributed by atoms with Crippen LogP contribution in [0.3, 0.4) is 0 Å². The Morgan fingerprint density at radius 1 is 1.12 bits per heavy atom. The van der Waals surface area contributed by atoms with Crippen LogP contribution in [0.1, 0.15) is 38.5 Å². The molecule has 1 aliphatic heterocycles. The normalized spacial score (nSPS) is 21.7. The molecular formula is C12H23ClN2O. The summed E-state index contributed by atoms with van der Waals surface area (Å²) in [5.74, 6) is 1.89. The molecule has 1 saturated carbocycles. The number of carbonyl (C=O) groups excluding carboxylic acids is 1. The fourth-order valence-corrected chi connectivity index (χ4v) is 2.31. The third-order valence-corrected chi connectivity index (χ3v) is 3.76. The molecule has 0 unspecified atom stereocenters. The number of amides is 1. The maximum absolute atomic E-state index is 11.8. The molecule has 0 aromatic carbocycles. The Hall–Kier alpha value is -0.280. The van der Waals surface area contributed by atoms with E-state index in [2.05, 4.69) is 0 Å². The van der Waals surface area contributed by atoms with Crippen LogP contribution in [0.15, 0.2) is 0 Å². The van der Waals surface area contributed by atoms with Crippen LogP contribution in [-0.2, 0) is 4.79 Å². The third-order valence-electron chi connectivity index (χ3n) is 3.76. The van der Waals surface area contributed by atoms with Gasteiger partial charge in [0.25, 0.3) is 0 Å². The Labute approximate surface area is 104 Å². The van der Waals surface area contributed by atoms with Crippen LogP contribution in [0.2, 0.25) is 0 Å². The van der Waals surface area contributed by atoms with Crippen molar-refractivity contribution in [2.45, 2.75) is 38.5 Å². The molecule has 0 bridgehead atoms. The van der Waals surface area contributed by atoms with Gasteiger partial charge in [0.2, 0.25) is 5.91 Å². The van der Waals surface area contributed by atoms with Crippen LogP contribution >= 0.6 is 12.4 Å². The summed E-state index contributed by atoms with van der Waals surface area (Å²) < 4.78 is 0. The fraction of sp³-hybridized carbons (Fsp3) is 0.917. The molecule has 3 nitrogen and oxygen atoms in total. The quantitative estimate of drug-likeness (QED) is 0.822. The molecule has 2 N–H and O–H groups in total. The van der Waals surface area contributed by atoms with Gasteiger partial charge in [-0.05, 0) is 37.6 Å². The number of nitrogens with two attached hydrogens (primary N) is 1. The third kappa shape index (κ3) is 3.95. The lowest BCUT2D eigenvalue weighted by Gasteiger charge is -2.31. The molecule has 1 heterocycles. The topological polar surface area (TPSA) is 46.3 Å². The number of rotatable bonds is 4. The minimum absolute atomic E-state index is 0. The van der Waals surface area contributed by atoms with Gasteiger partial charge < -0.3 is 10.6 Å². The van der Waals surface area contributed by atoms with Crippen LogP contribution in [-0.4, -0.2) is 30.4 Å². The van der Waals surface area contributed by atoms with E-state index < -0.39 is 0 Å². The highest BCUT2D eigenvalue weighted by Gasteiger charge is 2.25. The van der Waals surface area contributed by atoms with Gasteiger partial charge in [-0.25, -0.2) is 0 Å². The Bertz CT molecular complexity index is 223. The van der Waals surface area contributed by atoms with E-state index in [4.69, 9.17) is 5.73 Å². The second kappa shape index (κ2) is 6.45. The molecule has 2 rings (SSSR count). The standard InChI is InChI=1S/C12H22N2O.ClH/c13-9-11-5-7-14(8-6-11)12(15)4-3-10-1-2-10;/h10-11H,1-9,13H2;1H. The number of nitrogens with zero attached hydrogens (tertiary/aromatic N) is 1. The average molecular weight is 247 g/mol. The van der Waals surface area contributed by atoms with Crippen LogP contribution in [0, 0.1) is 11.8 Å². The summed E-state index contributed by atoms with van der Waals surface area (Å²) >= 11 is 0. The highest BCUT2D eigenvalue weighted by Crippen LogP contribution is 2.33. The zero-order chi connectivity index (χ0) is 10.7. The summed E-state index contributed by atoms with van der Waals surface area (Å²) in [6.45, 7) is 2.65. The smallest absolute Gasteiger partial charge is 0.222 e. The molecule has 1 amide bonds. The van der Waals surface area contributed by atoms with Crippen molar-refractivity contribution in [3.05, 3.63) is 0 Å². The summed E-state index contributed by atoms with van der Waals surface area (Å²) in [6, 6.07) is 0. The number of likely N-dealkylation sites (tertiary alicyclic amines) is 1. The maximum atomic E-state index is 11.8. The summed E-state index contributed by atoms with van der Waals surface area (Å²) in [5, 5.41) is 0. The van der Waals surface area contributed by atoms with Crippen molar-refractivity contribution in [3.8, 4) is 0 Å². The second-order valence-corrected chi connectivity index (χ2v) is 5.04. The lowest BCUT2D eigenvalue weighted by Crippen LogP contribution is -2.39. The first-order valence-corrected chi connectivity index (χ1v) is 6.27. The fourth-order valence-electron chi connectivity index (χ4n) is 2.31. The lowest BCUT2D eigenvalue weighted by molar-refractivity contribution is -0.132. The van der Waals surface area contributed by atoms with Crippen molar-refractivity contribution in [2.75, 3.05) is 19.6 Å². The van der Waals surface area contributed by atoms with Crippen molar-refractivity contribution in [2.24, 2.45) is 17.6 Å². The molecule has 0 atom stereocenters. The minimum atomic E-state index is 0.